The Morgan fingerprint density at radius 3 is 2.27 bits per heavy atom. The van der Waals surface area contributed by atoms with Crippen molar-refractivity contribution in [2.75, 3.05) is 0 Å². The van der Waals surface area contributed by atoms with Crippen LogP contribution in [0.25, 0.3) is 0 Å². The highest BCUT2D eigenvalue weighted by molar-refractivity contribution is 6.32. The van der Waals surface area contributed by atoms with Crippen LogP contribution in [0.3, 0.4) is 0 Å². The van der Waals surface area contributed by atoms with E-state index in [0.717, 1.165) is 5.56 Å². The van der Waals surface area contributed by atoms with E-state index in [0.29, 0.717) is 5.02 Å². The standard InChI is InChI=1S/C23H17Cl2F3N2O3/c24-14-7-5-13(6-8-14)12-32-15-9-10-16(18(31)11-15)20(29)21(22(30)23(26,27)28)33-19-4-2-1-3-17(19)25/h1-11,29,31H,12,30H2/b22-21+,29-20?. The Morgan fingerprint density at radius 1 is 1.00 bits per heavy atom. The molecule has 5 nitrogen and oxygen atoms in total. The molecule has 0 heterocycles. The monoisotopic (exact) mass is 496 g/mol. The fourth-order valence-corrected chi connectivity index (χ4v) is 2.99. The third-order valence-corrected chi connectivity index (χ3v) is 4.95. The van der Waals surface area contributed by atoms with E-state index in [1.165, 1.54) is 36.4 Å². The van der Waals surface area contributed by atoms with E-state index in [-0.39, 0.29) is 28.7 Å². The Balaban J connectivity index is 1.88. The smallest absolute Gasteiger partial charge is 0.434 e. The van der Waals surface area contributed by atoms with Crippen LogP contribution < -0.4 is 15.2 Å². The number of alkyl halides is 3. The summed E-state index contributed by atoms with van der Waals surface area (Å²) in [5, 5.41) is 19.2. The maximum Gasteiger partial charge on any atom is 0.434 e. The molecule has 0 bridgehead atoms. The molecule has 3 rings (SSSR count). The molecule has 0 spiro atoms. The van der Waals surface area contributed by atoms with E-state index >= 15 is 0 Å². The van der Waals surface area contributed by atoms with Crippen LogP contribution in [0.15, 0.2) is 78.2 Å². The van der Waals surface area contributed by atoms with Gasteiger partial charge in [-0.3, -0.25) is 5.41 Å². The molecule has 0 aliphatic carbocycles. The number of nitrogens with one attached hydrogen (secondary N) is 1. The first-order chi connectivity index (χ1) is 15.6. The summed E-state index contributed by atoms with van der Waals surface area (Å²) < 4.78 is 50.9. The molecule has 10 heteroatoms. The summed E-state index contributed by atoms with van der Waals surface area (Å²) in [6, 6.07) is 16.5. The summed E-state index contributed by atoms with van der Waals surface area (Å²) in [4.78, 5) is 0. The third-order valence-electron chi connectivity index (χ3n) is 4.38. The molecular formula is C23H17Cl2F3N2O3. The number of hydrogen-bond acceptors (Lipinski definition) is 5. The van der Waals surface area contributed by atoms with Gasteiger partial charge in [0.15, 0.2) is 11.5 Å². The first-order valence-electron chi connectivity index (χ1n) is 9.35. The van der Waals surface area contributed by atoms with E-state index in [2.05, 4.69) is 0 Å². The largest absolute Gasteiger partial charge is 0.507 e. The molecule has 0 saturated heterocycles. The van der Waals surface area contributed by atoms with Crippen molar-refractivity contribution < 1.29 is 27.8 Å². The molecule has 4 N–H and O–H groups in total. The van der Waals surface area contributed by atoms with Crippen LogP contribution in [0, 0.1) is 5.41 Å². The van der Waals surface area contributed by atoms with Gasteiger partial charge < -0.3 is 20.3 Å². The van der Waals surface area contributed by atoms with Gasteiger partial charge in [-0.2, -0.15) is 13.2 Å². The lowest BCUT2D eigenvalue weighted by molar-refractivity contribution is -0.0946. The van der Waals surface area contributed by atoms with Crippen molar-refractivity contribution in [2.24, 2.45) is 5.73 Å². The first-order valence-corrected chi connectivity index (χ1v) is 10.1. The Labute approximate surface area is 197 Å². The minimum Gasteiger partial charge on any atom is -0.507 e. The highest BCUT2D eigenvalue weighted by atomic mass is 35.5. The molecular weight excluding hydrogens is 480 g/mol. The fraction of sp³-hybridized carbons (Fsp3) is 0.0870. The van der Waals surface area contributed by atoms with E-state index in [1.54, 1.807) is 30.3 Å². The van der Waals surface area contributed by atoms with Gasteiger partial charge in [-0.15, -0.1) is 0 Å². The van der Waals surface area contributed by atoms with Gasteiger partial charge in [0.05, 0.1) is 5.02 Å². The summed E-state index contributed by atoms with van der Waals surface area (Å²) in [6.45, 7) is 0.162. The minimum atomic E-state index is -4.99. The highest BCUT2D eigenvalue weighted by Gasteiger charge is 2.37. The van der Waals surface area contributed by atoms with Gasteiger partial charge in [0.1, 0.15) is 29.6 Å². The molecule has 0 aliphatic heterocycles. The highest BCUT2D eigenvalue weighted by Crippen LogP contribution is 2.33. The maximum atomic E-state index is 13.3. The fourth-order valence-electron chi connectivity index (χ4n) is 2.69. The second-order valence-electron chi connectivity index (χ2n) is 6.74. The Kier molecular flexibility index (Phi) is 7.40. The molecule has 3 aromatic carbocycles. The number of hydrogen-bond donors (Lipinski definition) is 3. The van der Waals surface area contributed by atoms with Crippen LogP contribution >= 0.6 is 23.2 Å². The summed E-state index contributed by atoms with van der Waals surface area (Å²) in [7, 11) is 0. The van der Waals surface area contributed by atoms with Crippen LogP contribution in [0.1, 0.15) is 11.1 Å². The number of phenols is 1. The van der Waals surface area contributed by atoms with Crippen molar-refractivity contribution in [3.05, 3.63) is 99.4 Å². The SMILES string of the molecule is N=C(/C(Oc1ccccc1Cl)=C(\N)C(F)(F)F)c1ccc(OCc2ccc(Cl)cc2)cc1O. The lowest BCUT2D eigenvalue weighted by Gasteiger charge is -2.18. The van der Waals surface area contributed by atoms with Gasteiger partial charge >= 0.3 is 6.18 Å². The van der Waals surface area contributed by atoms with E-state index < -0.39 is 29.1 Å². The number of benzene rings is 3. The Hall–Kier alpha value is -3.36. The summed E-state index contributed by atoms with van der Waals surface area (Å²) in [5.41, 5.74) is 3.40. The van der Waals surface area contributed by atoms with E-state index in [9.17, 15) is 18.3 Å². The second-order valence-corrected chi connectivity index (χ2v) is 7.59. The molecule has 0 fully saturated rings. The number of halogens is 5. The van der Waals surface area contributed by atoms with Gasteiger partial charge in [-0.05, 0) is 42.0 Å². The number of allylic oxidation sites excluding steroid dienone is 2. The zero-order valence-corrected chi connectivity index (χ0v) is 18.3. The predicted octanol–water partition coefficient (Wildman–Crippen LogP) is 6.46. The molecule has 0 unspecified atom stereocenters. The molecule has 33 heavy (non-hydrogen) atoms. The van der Waals surface area contributed by atoms with Gasteiger partial charge in [0.2, 0.25) is 0 Å². The number of ether oxygens (including phenoxy) is 2. The van der Waals surface area contributed by atoms with Gasteiger partial charge in [-0.1, -0.05) is 47.5 Å². The third kappa shape index (κ3) is 6.12. The molecule has 172 valence electrons. The molecule has 0 amide bonds. The van der Waals surface area contributed by atoms with Crippen LogP contribution in [0.2, 0.25) is 10.0 Å². The van der Waals surface area contributed by atoms with Crippen molar-refractivity contribution in [2.45, 2.75) is 12.8 Å². The minimum absolute atomic E-state index is 0.0212. The Morgan fingerprint density at radius 2 is 1.67 bits per heavy atom. The first kappa shape index (κ1) is 24.3. The normalized spacial score (nSPS) is 12.2. The number of aromatic hydroxyl groups is 1. The van der Waals surface area contributed by atoms with Crippen molar-refractivity contribution in [3.63, 3.8) is 0 Å². The number of nitrogens with two attached hydrogens (primary N) is 1. The lowest BCUT2D eigenvalue weighted by atomic mass is 10.1. The van der Waals surface area contributed by atoms with Gasteiger partial charge in [0.25, 0.3) is 0 Å². The molecule has 3 aromatic rings. The molecule has 0 saturated carbocycles. The topological polar surface area (TPSA) is 88.6 Å². The zero-order valence-electron chi connectivity index (χ0n) is 16.8. The van der Waals surface area contributed by atoms with Crippen LogP contribution in [0.4, 0.5) is 13.2 Å². The van der Waals surface area contributed by atoms with Gasteiger partial charge in [0, 0.05) is 16.7 Å². The Bertz CT molecular complexity index is 1200. The molecule has 0 radical (unpaired) electrons. The second kappa shape index (κ2) is 10.1. The molecule has 0 atom stereocenters. The van der Waals surface area contributed by atoms with E-state index in [1.807, 2.05) is 0 Å². The average molecular weight is 497 g/mol. The average Bonchev–Trinajstić information content (AvgIpc) is 2.77. The zero-order chi connectivity index (χ0) is 24.2. The molecule has 0 aromatic heterocycles. The van der Waals surface area contributed by atoms with E-state index in [4.69, 9.17) is 43.8 Å². The van der Waals surface area contributed by atoms with Crippen molar-refractivity contribution in [1.82, 2.24) is 0 Å². The number of rotatable bonds is 7. The predicted molar refractivity (Wildman–Crippen MR) is 120 cm³/mol. The maximum absolute atomic E-state index is 13.3. The van der Waals surface area contributed by atoms with Crippen LogP contribution in [-0.2, 0) is 6.61 Å². The molecule has 0 aliphatic rings. The number of para-hydroxylation sites is 1. The van der Waals surface area contributed by atoms with Crippen molar-refractivity contribution in [1.29, 1.82) is 5.41 Å². The quantitative estimate of drug-likeness (QED) is 0.258. The van der Waals surface area contributed by atoms with Crippen LogP contribution in [0.5, 0.6) is 17.2 Å². The van der Waals surface area contributed by atoms with Crippen molar-refractivity contribution >= 4 is 28.9 Å². The summed E-state index contributed by atoms with van der Waals surface area (Å²) in [5.74, 6) is -1.39. The lowest BCUT2D eigenvalue weighted by Crippen LogP contribution is -2.27. The van der Waals surface area contributed by atoms with Crippen LogP contribution in [-0.4, -0.2) is 17.0 Å². The summed E-state index contributed by atoms with van der Waals surface area (Å²) >= 11 is 11.8. The van der Waals surface area contributed by atoms with Gasteiger partial charge in [-0.25, -0.2) is 0 Å². The summed E-state index contributed by atoms with van der Waals surface area (Å²) in [6.07, 6.45) is -4.99. The number of phenolic OH excluding ortho intramolecular Hbond substituents is 1. The van der Waals surface area contributed by atoms with Crippen molar-refractivity contribution in [3.8, 4) is 17.2 Å².